The Bertz CT molecular complexity index is 712. The smallest absolute Gasteiger partial charge is 0.175 e. The average molecular weight is 295 g/mol. The number of hydrogen-bond donors (Lipinski definition) is 1. The van der Waals surface area contributed by atoms with Crippen LogP contribution in [0.5, 0.6) is 5.75 Å². The Balaban J connectivity index is 2.06. The van der Waals surface area contributed by atoms with E-state index in [1.54, 1.807) is 18.2 Å². The number of hydrogen-bond acceptors (Lipinski definition) is 4. The van der Waals surface area contributed by atoms with Crippen LogP contribution in [0.3, 0.4) is 0 Å². The van der Waals surface area contributed by atoms with Crippen LogP contribution in [0.1, 0.15) is 5.56 Å². The Morgan fingerprint density at radius 3 is 2.35 bits per heavy atom. The first-order valence-electron chi connectivity index (χ1n) is 5.83. The van der Waals surface area contributed by atoms with Gasteiger partial charge in [-0.1, -0.05) is 6.07 Å². The van der Waals surface area contributed by atoms with Crippen molar-refractivity contribution in [1.82, 2.24) is 0 Å². The van der Waals surface area contributed by atoms with E-state index < -0.39 is 15.7 Å². The molecule has 0 saturated carbocycles. The lowest BCUT2D eigenvalue weighted by atomic mass is 10.2. The third kappa shape index (κ3) is 3.48. The van der Waals surface area contributed by atoms with E-state index >= 15 is 0 Å². The topological polar surface area (TPSA) is 69.4 Å². The van der Waals surface area contributed by atoms with Crippen LogP contribution in [-0.4, -0.2) is 14.7 Å². The van der Waals surface area contributed by atoms with Crippen LogP contribution < -0.4 is 10.5 Å². The van der Waals surface area contributed by atoms with Gasteiger partial charge in [0.2, 0.25) is 0 Å². The summed E-state index contributed by atoms with van der Waals surface area (Å²) in [5.74, 6) is 0.0214. The maximum Gasteiger partial charge on any atom is 0.175 e. The van der Waals surface area contributed by atoms with Gasteiger partial charge >= 0.3 is 0 Å². The number of rotatable bonds is 4. The summed E-state index contributed by atoms with van der Waals surface area (Å²) < 4.78 is 41.3. The Kier molecular flexibility index (Phi) is 3.94. The largest absolute Gasteiger partial charge is 0.489 e. The maximum absolute atomic E-state index is 13.2. The average Bonchev–Trinajstić information content (AvgIpc) is 2.40. The molecule has 0 bridgehead atoms. The van der Waals surface area contributed by atoms with Gasteiger partial charge in [-0.25, -0.2) is 12.8 Å². The molecule has 0 aromatic heterocycles. The van der Waals surface area contributed by atoms with Gasteiger partial charge < -0.3 is 10.5 Å². The molecule has 0 spiro atoms. The van der Waals surface area contributed by atoms with Crippen molar-refractivity contribution in [1.29, 1.82) is 0 Å². The van der Waals surface area contributed by atoms with Crippen LogP contribution >= 0.6 is 0 Å². The second-order valence-electron chi connectivity index (χ2n) is 4.39. The summed E-state index contributed by atoms with van der Waals surface area (Å²) in [4.78, 5) is 0.225. The highest BCUT2D eigenvalue weighted by Crippen LogP contribution is 2.18. The predicted molar refractivity (Wildman–Crippen MR) is 74.7 cm³/mol. The van der Waals surface area contributed by atoms with Gasteiger partial charge in [-0.05, 0) is 42.0 Å². The molecule has 2 aromatic carbocycles. The molecule has 2 N–H and O–H groups in total. The van der Waals surface area contributed by atoms with Crippen LogP contribution in [0.15, 0.2) is 47.4 Å². The lowest BCUT2D eigenvalue weighted by molar-refractivity contribution is 0.305. The normalized spacial score (nSPS) is 11.3. The van der Waals surface area contributed by atoms with E-state index in [9.17, 15) is 12.8 Å². The number of nitrogens with two attached hydrogens (primary N) is 1. The molecule has 0 saturated heterocycles. The fourth-order valence-electron chi connectivity index (χ4n) is 1.61. The van der Waals surface area contributed by atoms with Crippen molar-refractivity contribution in [3.05, 3.63) is 53.8 Å². The molecule has 0 aliphatic rings. The van der Waals surface area contributed by atoms with Crippen LogP contribution in [0, 0.1) is 5.82 Å². The number of anilines is 1. The van der Waals surface area contributed by atoms with E-state index in [1.807, 2.05) is 0 Å². The molecule has 0 amide bonds. The zero-order valence-corrected chi connectivity index (χ0v) is 11.7. The SMILES string of the molecule is CS(=O)(=O)c1ccc(OCc2ccc(N)c(F)c2)cc1. The number of halogens is 1. The van der Waals surface area contributed by atoms with E-state index in [0.29, 0.717) is 11.3 Å². The second kappa shape index (κ2) is 5.50. The Hall–Kier alpha value is -2.08. The molecule has 0 unspecified atom stereocenters. The molecule has 20 heavy (non-hydrogen) atoms. The van der Waals surface area contributed by atoms with E-state index in [2.05, 4.69) is 0 Å². The van der Waals surface area contributed by atoms with Gasteiger partial charge in [0.25, 0.3) is 0 Å². The summed E-state index contributed by atoms with van der Waals surface area (Å²) in [6, 6.07) is 10.5. The Morgan fingerprint density at radius 1 is 1.15 bits per heavy atom. The molecule has 0 heterocycles. The highest BCUT2D eigenvalue weighted by Gasteiger charge is 2.06. The Morgan fingerprint density at radius 2 is 1.80 bits per heavy atom. The minimum atomic E-state index is -3.22. The molecule has 0 atom stereocenters. The molecular weight excluding hydrogens is 281 g/mol. The first-order valence-corrected chi connectivity index (χ1v) is 7.72. The molecule has 0 aliphatic heterocycles. The highest BCUT2D eigenvalue weighted by molar-refractivity contribution is 7.90. The van der Waals surface area contributed by atoms with Crippen LogP contribution in [0.25, 0.3) is 0 Å². The van der Waals surface area contributed by atoms with Crippen LogP contribution in [-0.2, 0) is 16.4 Å². The number of nitrogen functional groups attached to an aromatic ring is 1. The fraction of sp³-hybridized carbons (Fsp3) is 0.143. The summed E-state index contributed by atoms with van der Waals surface area (Å²) in [6.45, 7) is 0.176. The molecule has 6 heteroatoms. The van der Waals surface area contributed by atoms with E-state index in [-0.39, 0.29) is 17.2 Å². The van der Waals surface area contributed by atoms with Gasteiger partial charge in [0.05, 0.1) is 10.6 Å². The summed E-state index contributed by atoms with van der Waals surface area (Å²) in [6.07, 6.45) is 1.14. The summed E-state index contributed by atoms with van der Waals surface area (Å²) in [7, 11) is -3.22. The van der Waals surface area contributed by atoms with E-state index in [1.165, 1.54) is 24.3 Å². The summed E-state index contributed by atoms with van der Waals surface area (Å²) >= 11 is 0. The van der Waals surface area contributed by atoms with Crippen molar-refractivity contribution in [3.8, 4) is 5.75 Å². The second-order valence-corrected chi connectivity index (χ2v) is 6.40. The number of ether oxygens (including phenoxy) is 1. The zero-order chi connectivity index (χ0) is 14.8. The van der Waals surface area contributed by atoms with Gasteiger partial charge in [-0.2, -0.15) is 0 Å². The van der Waals surface area contributed by atoms with Crippen LogP contribution in [0.4, 0.5) is 10.1 Å². The third-order valence-corrected chi connectivity index (χ3v) is 3.85. The summed E-state index contributed by atoms with van der Waals surface area (Å²) in [5, 5.41) is 0. The number of sulfone groups is 1. The molecule has 2 rings (SSSR count). The highest BCUT2D eigenvalue weighted by atomic mass is 32.2. The third-order valence-electron chi connectivity index (χ3n) is 2.72. The maximum atomic E-state index is 13.2. The summed E-state index contributed by atoms with van der Waals surface area (Å²) in [5.41, 5.74) is 6.11. The van der Waals surface area contributed by atoms with Crippen molar-refractivity contribution >= 4 is 15.5 Å². The van der Waals surface area contributed by atoms with Gasteiger partial charge in [0.1, 0.15) is 18.2 Å². The van der Waals surface area contributed by atoms with Crippen molar-refractivity contribution in [2.75, 3.05) is 12.0 Å². The molecule has 0 aliphatic carbocycles. The van der Waals surface area contributed by atoms with Crippen molar-refractivity contribution < 1.29 is 17.5 Å². The van der Waals surface area contributed by atoms with Crippen molar-refractivity contribution in [2.45, 2.75) is 11.5 Å². The quantitative estimate of drug-likeness (QED) is 0.879. The lowest BCUT2D eigenvalue weighted by Gasteiger charge is -2.07. The van der Waals surface area contributed by atoms with Crippen LogP contribution in [0.2, 0.25) is 0 Å². The standard InChI is InChI=1S/C14H14FNO3S/c1-20(17,18)12-5-3-11(4-6-12)19-9-10-2-7-14(16)13(15)8-10/h2-8H,9,16H2,1H3. The minimum Gasteiger partial charge on any atom is -0.489 e. The predicted octanol–water partition coefficient (Wildman–Crippen LogP) is 2.39. The molecular formula is C14H14FNO3S. The number of benzene rings is 2. The minimum absolute atomic E-state index is 0.0891. The van der Waals surface area contributed by atoms with Crippen molar-refractivity contribution in [2.24, 2.45) is 0 Å². The molecule has 106 valence electrons. The van der Waals surface area contributed by atoms with Gasteiger partial charge in [-0.3, -0.25) is 0 Å². The van der Waals surface area contributed by atoms with E-state index in [4.69, 9.17) is 10.5 Å². The van der Waals surface area contributed by atoms with Gasteiger partial charge in [-0.15, -0.1) is 0 Å². The van der Waals surface area contributed by atoms with E-state index in [0.717, 1.165) is 6.26 Å². The first-order chi connectivity index (χ1) is 9.36. The zero-order valence-electron chi connectivity index (χ0n) is 10.8. The molecule has 2 aromatic rings. The first kappa shape index (κ1) is 14.3. The molecule has 0 radical (unpaired) electrons. The monoisotopic (exact) mass is 295 g/mol. The van der Waals surface area contributed by atoms with Crippen molar-refractivity contribution in [3.63, 3.8) is 0 Å². The fourth-order valence-corrected chi connectivity index (χ4v) is 2.24. The van der Waals surface area contributed by atoms with Gasteiger partial charge in [0, 0.05) is 6.26 Å². The Labute approximate surface area is 116 Å². The van der Waals surface area contributed by atoms with Gasteiger partial charge in [0.15, 0.2) is 9.84 Å². The lowest BCUT2D eigenvalue weighted by Crippen LogP contribution is -1.99. The molecule has 4 nitrogen and oxygen atoms in total. The molecule has 0 fully saturated rings.